The first-order chi connectivity index (χ1) is 9.79. The number of likely N-dealkylation sites (tertiary alicyclic amines) is 1. The zero-order chi connectivity index (χ0) is 13.9. The third kappa shape index (κ3) is 2.67. The van der Waals surface area contributed by atoms with Gasteiger partial charge < -0.3 is 9.64 Å². The summed E-state index contributed by atoms with van der Waals surface area (Å²) in [5, 5.41) is 0. The summed E-state index contributed by atoms with van der Waals surface area (Å²) in [7, 11) is 0. The van der Waals surface area contributed by atoms with Crippen LogP contribution >= 0.6 is 0 Å². The molecule has 2 fully saturated rings. The number of aromatic nitrogens is 1. The van der Waals surface area contributed by atoms with Crippen LogP contribution < -0.4 is 4.90 Å². The number of ether oxygens (including phenoxy) is 1. The number of hydrogen-bond donors (Lipinski definition) is 0. The van der Waals surface area contributed by atoms with Crippen LogP contribution in [0.5, 0.6) is 0 Å². The quantitative estimate of drug-likeness (QED) is 0.847. The van der Waals surface area contributed by atoms with E-state index in [1.807, 2.05) is 0 Å². The predicted molar refractivity (Wildman–Crippen MR) is 81.2 cm³/mol. The largest absolute Gasteiger partial charge is 0.378 e. The van der Waals surface area contributed by atoms with Gasteiger partial charge >= 0.3 is 0 Å². The molecule has 4 nitrogen and oxygen atoms in total. The van der Waals surface area contributed by atoms with Gasteiger partial charge in [0, 0.05) is 25.3 Å². The molecule has 0 bridgehead atoms. The van der Waals surface area contributed by atoms with Crippen LogP contribution in [-0.4, -0.2) is 49.3 Å². The molecule has 110 valence electrons. The molecule has 3 heterocycles. The van der Waals surface area contributed by atoms with Gasteiger partial charge in [-0.15, -0.1) is 0 Å². The molecule has 0 aromatic carbocycles. The second-order valence-electron chi connectivity index (χ2n) is 5.80. The van der Waals surface area contributed by atoms with Crippen molar-refractivity contribution in [3.63, 3.8) is 0 Å². The molecule has 20 heavy (non-hydrogen) atoms. The molecular formula is C16H25N3O. The summed E-state index contributed by atoms with van der Waals surface area (Å²) in [6.07, 6.45) is 4.67. The third-order valence-electron chi connectivity index (χ3n) is 4.54. The van der Waals surface area contributed by atoms with Crippen molar-refractivity contribution in [3.8, 4) is 0 Å². The minimum atomic E-state index is 0.574. The maximum Gasteiger partial charge on any atom is 0.131 e. The zero-order valence-corrected chi connectivity index (χ0v) is 12.6. The Balaban J connectivity index is 1.80. The smallest absolute Gasteiger partial charge is 0.131 e. The van der Waals surface area contributed by atoms with E-state index in [0.717, 1.165) is 38.7 Å². The summed E-state index contributed by atoms with van der Waals surface area (Å²) < 4.78 is 5.42. The molecule has 4 heteroatoms. The highest BCUT2D eigenvalue weighted by atomic mass is 16.5. The second-order valence-corrected chi connectivity index (χ2v) is 5.80. The number of hydrogen-bond acceptors (Lipinski definition) is 4. The minimum Gasteiger partial charge on any atom is -0.378 e. The van der Waals surface area contributed by atoms with Crippen LogP contribution in [0.3, 0.4) is 0 Å². The summed E-state index contributed by atoms with van der Waals surface area (Å²) in [6.45, 7) is 10.3. The van der Waals surface area contributed by atoms with Crippen molar-refractivity contribution in [1.29, 1.82) is 0 Å². The molecule has 1 aromatic heterocycles. The van der Waals surface area contributed by atoms with Gasteiger partial charge in [0.05, 0.1) is 13.2 Å². The van der Waals surface area contributed by atoms with Crippen molar-refractivity contribution < 1.29 is 4.74 Å². The fourth-order valence-electron chi connectivity index (χ4n) is 3.46. The maximum absolute atomic E-state index is 5.42. The molecule has 3 rings (SSSR count). The average molecular weight is 275 g/mol. The van der Waals surface area contributed by atoms with E-state index in [2.05, 4.69) is 35.9 Å². The number of anilines is 1. The zero-order valence-electron chi connectivity index (χ0n) is 12.6. The lowest BCUT2D eigenvalue weighted by atomic mass is 10.0. The number of morpholine rings is 1. The standard InChI is InChI=1S/C16H25N3O/c1-3-18-6-4-5-15(18)14-11-13(2)16(17-12-14)19-7-9-20-10-8-19/h11-12,15H,3-10H2,1-2H3/t15-/m0/s1. The molecule has 0 saturated carbocycles. The molecule has 1 aromatic rings. The number of nitrogens with zero attached hydrogens (tertiary/aromatic N) is 3. The van der Waals surface area contributed by atoms with Crippen molar-refractivity contribution in [1.82, 2.24) is 9.88 Å². The predicted octanol–water partition coefficient (Wildman–Crippen LogP) is 2.38. The Morgan fingerprint density at radius 1 is 1.30 bits per heavy atom. The normalized spacial score (nSPS) is 24.3. The number of rotatable bonds is 3. The number of pyridine rings is 1. The summed E-state index contributed by atoms with van der Waals surface area (Å²) in [6, 6.07) is 2.92. The molecule has 0 spiro atoms. The van der Waals surface area contributed by atoms with Crippen LogP contribution in [0.2, 0.25) is 0 Å². The molecule has 0 radical (unpaired) electrons. The van der Waals surface area contributed by atoms with Gasteiger partial charge in [-0.05, 0) is 50.0 Å². The molecule has 0 unspecified atom stereocenters. The van der Waals surface area contributed by atoms with E-state index in [9.17, 15) is 0 Å². The number of aryl methyl sites for hydroxylation is 1. The van der Waals surface area contributed by atoms with Crippen molar-refractivity contribution in [2.45, 2.75) is 32.7 Å². The van der Waals surface area contributed by atoms with Gasteiger partial charge in [0.15, 0.2) is 0 Å². The van der Waals surface area contributed by atoms with Crippen LogP contribution in [0.1, 0.15) is 36.9 Å². The Bertz CT molecular complexity index is 457. The second kappa shape index (κ2) is 6.10. The monoisotopic (exact) mass is 275 g/mol. The topological polar surface area (TPSA) is 28.6 Å². The first-order valence-electron chi connectivity index (χ1n) is 7.83. The lowest BCUT2D eigenvalue weighted by molar-refractivity contribution is 0.122. The van der Waals surface area contributed by atoms with E-state index in [-0.39, 0.29) is 0 Å². The average Bonchev–Trinajstić information content (AvgIpc) is 2.96. The molecule has 0 aliphatic carbocycles. The van der Waals surface area contributed by atoms with E-state index in [1.54, 1.807) is 0 Å². The highest BCUT2D eigenvalue weighted by Crippen LogP contribution is 2.32. The third-order valence-corrected chi connectivity index (χ3v) is 4.54. The molecule has 1 atom stereocenters. The molecule has 2 aliphatic heterocycles. The van der Waals surface area contributed by atoms with Crippen molar-refractivity contribution in [2.75, 3.05) is 44.3 Å². The van der Waals surface area contributed by atoms with Crippen LogP contribution in [0.15, 0.2) is 12.3 Å². The van der Waals surface area contributed by atoms with Gasteiger partial charge in [-0.3, -0.25) is 4.90 Å². The van der Waals surface area contributed by atoms with Crippen molar-refractivity contribution >= 4 is 5.82 Å². The fourth-order valence-corrected chi connectivity index (χ4v) is 3.46. The maximum atomic E-state index is 5.42. The first kappa shape index (κ1) is 13.8. The van der Waals surface area contributed by atoms with E-state index < -0.39 is 0 Å². The highest BCUT2D eigenvalue weighted by molar-refractivity contribution is 5.48. The molecule has 2 saturated heterocycles. The van der Waals surface area contributed by atoms with E-state index >= 15 is 0 Å². The van der Waals surface area contributed by atoms with Crippen LogP contribution in [0.25, 0.3) is 0 Å². The van der Waals surface area contributed by atoms with E-state index in [1.165, 1.54) is 30.5 Å². The van der Waals surface area contributed by atoms with E-state index in [0.29, 0.717) is 6.04 Å². The van der Waals surface area contributed by atoms with Gasteiger partial charge in [-0.25, -0.2) is 4.98 Å². The summed E-state index contributed by atoms with van der Waals surface area (Å²) >= 11 is 0. The molecule has 0 N–H and O–H groups in total. The van der Waals surface area contributed by atoms with Crippen molar-refractivity contribution in [3.05, 3.63) is 23.4 Å². The minimum absolute atomic E-state index is 0.574. The Labute approximate surface area is 121 Å². The van der Waals surface area contributed by atoms with Gasteiger partial charge in [0.1, 0.15) is 5.82 Å². The van der Waals surface area contributed by atoms with Crippen LogP contribution in [-0.2, 0) is 4.74 Å². The lowest BCUT2D eigenvalue weighted by Gasteiger charge is -2.30. The first-order valence-corrected chi connectivity index (χ1v) is 7.83. The Kier molecular flexibility index (Phi) is 4.22. The molecule has 2 aliphatic rings. The lowest BCUT2D eigenvalue weighted by Crippen LogP contribution is -2.37. The Hall–Kier alpha value is -1.13. The Morgan fingerprint density at radius 2 is 2.10 bits per heavy atom. The molecule has 0 amide bonds. The van der Waals surface area contributed by atoms with Gasteiger partial charge in [-0.2, -0.15) is 0 Å². The highest BCUT2D eigenvalue weighted by Gasteiger charge is 2.25. The van der Waals surface area contributed by atoms with E-state index in [4.69, 9.17) is 9.72 Å². The fraction of sp³-hybridized carbons (Fsp3) is 0.688. The summed E-state index contributed by atoms with van der Waals surface area (Å²) in [4.78, 5) is 9.66. The summed E-state index contributed by atoms with van der Waals surface area (Å²) in [5.41, 5.74) is 2.69. The SMILES string of the molecule is CCN1CCC[C@H]1c1cnc(N2CCOCC2)c(C)c1. The van der Waals surface area contributed by atoms with Crippen LogP contribution in [0, 0.1) is 6.92 Å². The van der Waals surface area contributed by atoms with Crippen LogP contribution in [0.4, 0.5) is 5.82 Å². The van der Waals surface area contributed by atoms with Gasteiger partial charge in [0.2, 0.25) is 0 Å². The van der Waals surface area contributed by atoms with Crippen molar-refractivity contribution in [2.24, 2.45) is 0 Å². The molecular weight excluding hydrogens is 250 g/mol. The summed E-state index contributed by atoms with van der Waals surface area (Å²) in [5.74, 6) is 1.14. The van der Waals surface area contributed by atoms with Gasteiger partial charge in [-0.1, -0.05) is 6.92 Å². The Morgan fingerprint density at radius 3 is 2.80 bits per heavy atom. The van der Waals surface area contributed by atoms with Gasteiger partial charge in [0.25, 0.3) is 0 Å².